The number of aromatic nitrogens is 2. The molecule has 2 amide bonds. The summed E-state index contributed by atoms with van der Waals surface area (Å²) in [6, 6.07) is 0. The molecule has 2 aliphatic heterocycles. The molecule has 2 fully saturated rings. The second-order valence-corrected chi connectivity index (χ2v) is 6.19. The summed E-state index contributed by atoms with van der Waals surface area (Å²) in [5.41, 5.74) is 0.460. The Kier molecular flexibility index (Phi) is 3.90. The first-order valence-electron chi connectivity index (χ1n) is 7.61. The van der Waals surface area contributed by atoms with E-state index in [2.05, 4.69) is 10.3 Å². The van der Waals surface area contributed by atoms with Crippen molar-refractivity contribution in [2.45, 2.75) is 19.9 Å². The van der Waals surface area contributed by atoms with Gasteiger partial charge in [-0.2, -0.15) is 0 Å². The van der Waals surface area contributed by atoms with Gasteiger partial charge in [0, 0.05) is 44.6 Å². The van der Waals surface area contributed by atoms with E-state index in [1.165, 1.54) is 0 Å². The zero-order valence-electron chi connectivity index (χ0n) is 13.0. The van der Waals surface area contributed by atoms with Crippen LogP contribution >= 0.6 is 0 Å². The Bertz CT molecular complexity index is 585. The molecular formula is C15H22N4O3. The van der Waals surface area contributed by atoms with Gasteiger partial charge in [-0.05, 0) is 13.3 Å². The molecule has 2 saturated heterocycles. The van der Waals surface area contributed by atoms with Crippen molar-refractivity contribution in [2.75, 3.05) is 33.4 Å². The summed E-state index contributed by atoms with van der Waals surface area (Å²) in [6.07, 6.45) is 4.07. The van der Waals surface area contributed by atoms with Gasteiger partial charge in [-0.15, -0.1) is 0 Å². The second-order valence-electron chi connectivity index (χ2n) is 6.19. The van der Waals surface area contributed by atoms with E-state index in [-0.39, 0.29) is 24.3 Å². The zero-order valence-corrected chi connectivity index (χ0v) is 13.0. The van der Waals surface area contributed by atoms with Crippen LogP contribution in [0.2, 0.25) is 0 Å². The minimum absolute atomic E-state index is 0.0231. The lowest BCUT2D eigenvalue weighted by Gasteiger charge is -2.36. The van der Waals surface area contributed by atoms with E-state index in [1.807, 2.05) is 11.5 Å². The minimum Gasteiger partial charge on any atom is -0.381 e. The number of carbonyl (C=O) groups excluding carboxylic acids is 2. The summed E-state index contributed by atoms with van der Waals surface area (Å²) >= 11 is 0. The molecule has 1 aromatic heterocycles. The van der Waals surface area contributed by atoms with Gasteiger partial charge in [0.1, 0.15) is 6.54 Å². The van der Waals surface area contributed by atoms with E-state index in [0.717, 1.165) is 5.69 Å². The van der Waals surface area contributed by atoms with Gasteiger partial charge in [-0.3, -0.25) is 9.59 Å². The van der Waals surface area contributed by atoms with E-state index in [4.69, 9.17) is 4.74 Å². The molecule has 2 atom stereocenters. The number of hydrogen-bond donors (Lipinski definition) is 1. The Balaban J connectivity index is 1.75. The van der Waals surface area contributed by atoms with Crippen LogP contribution in [0.3, 0.4) is 0 Å². The van der Waals surface area contributed by atoms with Gasteiger partial charge in [-0.25, -0.2) is 4.98 Å². The lowest BCUT2D eigenvalue weighted by Crippen LogP contribution is -2.49. The van der Waals surface area contributed by atoms with Crippen molar-refractivity contribution < 1.29 is 14.3 Å². The molecule has 1 N–H and O–H groups in total. The number of imidazole rings is 1. The number of amides is 2. The van der Waals surface area contributed by atoms with Crippen LogP contribution in [0, 0.1) is 18.3 Å². The Labute approximate surface area is 129 Å². The van der Waals surface area contributed by atoms with Gasteiger partial charge >= 0.3 is 0 Å². The van der Waals surface area contributed by atoms with E-state index < -0.39 is 5.41 Å². The molecule has 1 aromatic rings. The number of ether oxygens (including phenoxy) is 1. The van der Waals surface area contributed by atoms with Gasteiger partial charge in [0.15, 0.2) is 0 Å². The van der Waals surface area contributed by atoms with Crippen LogP contribution in [0.15, 0.2) is 12.5 Å². The molecule has 120 valence electrons. The number of nitrogens with zero attached hydrogens (tertiary/aromatic N) is 3. The summed E-state index contributed by atoms with van der Waals surface area (Å²) in [5, 5.41) is 2.76. The quantitative estimate of drug-likeness (QED) is 0.839. The molecule has 7 heteroatoms. The van der Waals surface area contributed by atoms with Crippen LogP contribution in [0.4, 0.5) is 0 Å². The molecule has 0 radical (unpaired) electrons. The molecule has 0 aromatic carbocycles. The predicted molar refractivity (Wildman–Crippen MR) is 79.0 cm³/mol. The summed E-state index contributed by atoms with van der Waals surface area (Å²) in [4.78, 5) is 30.8. The third-order valence-corrected chi connectivity index (χ3v) is 4.96. The number of nitrogens with one attached hydrogen (secondary N) is 1. The Morgan fingerprint density at radius 3 is 3.05 bits per heavy atom. The average Bonchev–Trinajstić information content (AvgIpc) is 3.11. The molecule has 0 saturated carbocycles. The largest absolute Gasteiger partial charge is 0.381 e. The standard InChI is InChI=1S/C15H22N4O3/c1-11-5-17-10-19(11)7-13(20)18-6-12-8-22-4-3-15(12,9-18)14(21)16-2/h5,10,12H,3-4,6-9H2,1-2H3,(H,16,21)/t12-,15+/m1/s1. The van der Waals surface area contributed by atoms with Gasteiger partial charge in [-0.1, -0.05) is 0 Å². The third kappa shape index (κ3) is 2.39. The molecule has 7 nitrogen and oxygen atoms in total. The van der Waals surface area contributed by atoms with Crippen molar-refractivity contribution in [3.05, 3.63) is 18.2 Å². The fraction of sp³-hybridized carbons (Fsp3) is 0.667. The molecule has 0 unspecified atom stereocenters. The fourth-order valence-corrected chi connectivity index (χ4v) is 3.56. The Morgan fingerprint density at radius 1 is 1.55 bits per heavy atom. The van der Waals surface area contributed by atoms with Crippen molar-refractivity contribution >= 4 is 11.8 Å². The topological polar surface area (TPSA) is 76.5 Å². The van der Waals surface area contributed by atoms with E-state index in [9.17, 15) is 9.59 Å². The highest BCUT2D eigenvalue weighted by Crippen LogP contribution is 2.42. The number of likely N-dealkylation sites (tertiary alicyclic amines) is 1. The summed E-state index contributed by atoms with van der Waals surface area (Å²) in [7, 11) is 1.66. The third-order valence-electron chi connectivity index (χ3n) is 4.96. The van der Waals surface area contributed by atoms with Gasteiger partial charge in [0.05, 0.1) is 18.3 Å². The van der Waals surface area contributed by atoms with Crippen LogP contribution in [-0.2, 0) is 20.9 Å². The highest BCUT2D eigenvalue weighted by molar-refractivity contribution is 5.85. The van der Waals surface area contributed by atoms with Crippen LogP contribution < -0.4 is 5.32 Å². The summed E-state index contributed by atoms with van der Waals surface area (Å²) < 4.78 is 7.35. The van der Waals surface area contributed by atoms with Crippen LogP contribution in [0.25, 0.3) is 0 Å². The monoisotopic (exact) mass is 306 g/mol. The number of aryl methyl sites for hydroxylation is 1. The first kappa shape index (κ1) is 15.0. The minimum atomic E-state index is -0.493. The predicted octanol–water partition coefficient (Wildman–Crippen LogP) is -0.197. The maximum atomic E-state index is 12.6. The number of hydrogen-bond acceptors (Lipinski definition) is 4. The molecule has 0 spiro atoms. The SMILES string of the molecule is CNC(=O)[C@]12CCOC[C@H]1CN(C(=O)Cn1cncc1C)C2. The first-order valence-corrected chi connectivity index (χ1v) is 7.61. The van der Waals surface area contributed by atoms with Crippen molar-refractivity contribution in [1.82, 2.24) is 19.8 Å². The van der Waals surface area contributed by atoms with Gasteiger partial charge in [0.25, 0.3) is 0 Å². The van der Waals surface area contributed by atoms with E-state index in [0.29, 0.717) is 32.7 Å². The Morgan fingerprint density at radius 2 is 2.36 bits per heavy atom. The molecule has 0 bridgehead atoms. The lowest BCUT2D eigenvalue weighted by molar-refractivity contribution is -0.139. The van der Waals surface area contributed by atoms with Crippen molar-refractivity contribution in [3.8, 4) is 0 Å². The number of fused-ring (bicyclic) bond motifs is 1. The average molecular weight is 306 g/mol. The molecule has 3 rings (SSSR count). The van der Waals surface area contributed by atoms with Crippen LogP contribution in [0.1, 0.15) is 12.1 Å². The lowest BCUT2D eigenvalue weighted by atomic mass is 9.73. The maximum Gasteiger partial charge on any atom is 0.242 e. The molecule has 0 aliphatic carbocycles. The smallest absolute Gasteiger partial charge is 0.242 e. The van der Waals surface area contributed by atoms with Crippen LogP contribution in [-0.4, -0.2) is 59.6 Å². The second kappa shape index (κ2) is 5.72. The van der Waals surface area contributed by atoms with Crippen molar-refractivity contribution in [2.24, 2.45) is 11.3 Å². The van der Waals surface area contributed by atoms with E-state index in [1.54, 1.807) is 24.5 Å². The number of rotatable bonds is 3. The maximum absolute atomic E-state index is 12.6. The molecule has 22 heavy (non-hydrogen) atoms. The molecular weight excluding hydrogens is 284 g/mol. The zero-order chi connectivity index (χ0) is 15.7. The molecule has 2 aliphatic rings. The fourth-order valence-electron chi connectivity index (χ4n) is 3.56. The van der Waals surface area contributed by atoms with Gasteiger partial charge < -0.3 is 19.5 Å². The Hall–Kier alpha value is -1.89. The molecule has 3 heterocycles. The highest BCUT2D eigenvalue weighted by atomic mass is 16.5. The first-order chi connectivity index (χ1) is 10.6. The normalized spacial score (nSPS) is 27.5. The summed E-state index contributed by atoms with van der Waals surface area (Å²) in [6.45, 7) is 4.37. The van der Waals surface area contributed by atoms with Crippen molar-refractivity contribution in [1.29, 1.82) is 0 Å². The van der Waals surface area contributed by atoms with Crippen molar-refractivity contribution in [3.63, 3.8) is 0 Å². The summed E-state index contributed by atoms with van der Waals surface area (Å²) in [5.74, 6) is 0.128. The van der Waals surface area contributed by atoms with Gasteiger partial charge in [0.2, 0.25) is 11.8 Å². The van der Waals surface area contributed by atoms with E-state index >= 15 is 0 Å². The highest BCUT2D eigenvalue weighted by Gasteiger charge is 2.54. The number of carbonyl (C=O) groups is 2. The van der Waals surface area contributed by atoms with Crippen LogP contribution in [0.5, 0.6) is 0 Å².